The molecule has 0 radical (unpaired) electrons. The number of esters is 1. The molecule has 0 saturated carbocycles. The Morgan fingerprint density at radius 1 is 1.27 bits per heavy atom. The maximum absolute atomic E-state index is 11.8. The number of hydrogen-bond donors (Lipinski definition) is 1. The molecule has 0 saturated heterocycles. The molecule has 1 amide bonds. The number of carbonyl (C=O) groups is 2. The van der Waals surface area contributed by atoms with Crippen LogP contribution in [0.2, 0.25) is 0 Å². The van der Waals surface area contributed by atoms with Gasteiger partial charge < -0.3 is 9.47 Å². The maximum Gasteiger partial charge on any atom is 0.411 e. The summed E-state index contributed by atoms with van der Waals surface area (Å²) >= 11 is 0. The van der Waals surface area contributed by atoms with Crippen LogP contribution in [-0.4, -0.2) is 19.2 Å². The van der Waals surface area contributed by atoms with E-state index in [-0.39, 0.29) is 12.6 Å². The molecule has 0 spiro atoms. The summed E-state index contributed by atoms with van der Waals surface area (Å²) in [6.07, 6.45) is 3.50. The molecule has 118 valence electrons. The van der Waals surface area contributed by atoms with Crippen molar-refractivity contribution in [2.75, 3.05) is 7.11 Å². The van der Waals surface area contributed by atoms with Crippen molar-refractivity contribution in [3.63, 3.8) is 0 Å². The largest absolute Gasteiger partial charge is 0.468 e. The van der Waals surface area contributed by atoms with Crippen LogP contribution in [0.15, 0.2) is 42.1 Å². The minimum absolute atomic E-state index is 0.216. The Labute approximate surface area is 130 Å². The number of rotatable bonds is 4. The van der Waals surface area contributed by atoms with E-state index >= 15 is 0 Å². The van der Waals surface area contributed by atoms with Crippen LogP contribution in [0.5, 0.6) is 0 Å². The van der Waals surface area contributed by atoms with E-state index < -0.39 is 11.5 Å². The van der Waals surface area contributed by atoms with Crippen LogP contribution in [0.25, 0.3) is 0 Å². The van der Waals surface area contributed by atoms with Crippen molar-refractivity contribution in [3.8, 4) is 0 Å². The highest BCUT2D eigenvalue weighted by Gasteiger charge is 2.35. The zero-order valence-electron chi connectivity index (χ0n) is 12.9. The van der Waals surface area contributed by atoms with Gasteiger partial charge in [0.2, 0.25) is 0 Å². The van der Waals surface area contributed by atoms with Gasteiger partial charge in [-0.25, -0.2) is 4.79 Å². The second-order valence-corrected chi connectivity index (χ2v) is 5.62. The van der Waals surface area contributed by atoms with Gasteiger partial charge in [0.05, 0.1) is 12.5 Å². The van der Waals surface area contributed by atoms with Gasteiger partial charge in [0.1, 0.15) is 6.61 Å². The molecule has 1 N–H and O–H groups in total. The van der Waals surface area contributed by atoms with Crippen LogP contribution >= 0.6 is 0 Å². The van der Waals surface area contributed by atoms with Gasteiger partial charge in [-0.2, -0.15) is 0 Å². The van der Waals surface area contributed by atoms with Gasteiger partial charge in [0.25, 0.3) is 0 Å². The molecule has 0 heterocycles. The fraction of sp³-hybridized carbons (Fsp3) is 0.412. The predicted molar refractivity (Wildman–Crippen MR) is 81.8 cm³/mol. The van der Waals surface area contributed by atoms with E-state index in [4.69, 9.17) is 9.47 Å². The van der Waals surface area contributed by atoms with Crippen molar-refractivity contribution in [2.24, 2.45) is 5.41 Å². The molecule has 0 aliphatic heterocycles. The summed E-state index contributed by atoms with van der Waals surface area (Å²) < 4.78 is 10.0. The van der Waals surface area contributed by atoms with Gasteiger partial charge >= 0.3 is 12.1 Å². The number of amides is 1. The molecule has 5 heteroatoms. The van der Waals surface area contributed by atoms with Gasteiger partial charge in [0.15, 0.2) is 0 Å². The summed E-state index contributed by atoms with van der Waals surface area (Å²) in [6.45, 7) is 2.03. The molecule has 1 aliphatic carbocycles. The molecule has 5 nitrogen and oxygen atoms in total. The lowest BCUT2D eigenvalue weighted by atomic mass is 9.79. The standard InChI is InChI=1S/C17H21NO4/c1-17(15(19)21-2)10-6-9-14(11-17)18-16(20)22-12-13-7-4-3-5-8-13/h3-5,7-8,11H,6,9-10,12H2,1-2H3,(H,18,20). The number of alkyl carbamates (subject to hydrolysis) is 1. The second kappa shape index (κ2) is 7.11. The second-order valence-electron chi connectivity index (χ2n) is 5.62. The minimum atomic E-state index is -0.685. The topological polar surface area (TPSA) is 64.6 Å². The number of allylic oxidation sites excluding steroid dienone is 1. The summed E-state index contributed by atoms with van der Waals surface area (Å²) in [5.74, 6) is -0.288. The lowest BCUT2D eigenvalue weighted by Gasteiger charge is -2.28. The molecule has 1 aromatic rings. The molecule has 2 rings (SSSR count). The SMILES string of the molecule is COC(=O)C1(C)C=C(NC(=O)OCc2ccccc2)CCC1. The van der Waals surface area contributed by atoms with Crippen LogP contribution < -0.4 is 5.32 Å². The first-order chi connectivity index (χ1) is 10.5. The van der Waals surface area contributed by atoms with Crippen molar-refractivity contribution in [1.82, 2.24) is 5.32 Å². The van der Waals surface area contributed by atoms with Crippen LogP contribution in [-0.2, 0) is 20.9 Å². The molecular weight excluding hydrogens is 282 g/mol. The molecular formula is C17H21NO4. The van der Waals surface area contributed by atoms with Crippen molar-refractivity contribution < 1.29 is 19.1 Å². The summed E-state index contributed by atoms with van der Waals surface area (Å²) in [5, 5.41) is 2.72. The number of benzene rings is 1. The normalized spacial score (nSPS) is 20.7. The number of nitrogens with one attached hydrogen (secondary N) is 1. The highest BCUT2D eigenvalue weighted by molar-refractivity contribution is 5.79. The molecule has 0 aromatic heterocycles. The lowest BCUT2D eigenvalue weighted by molar-refractivity contribution is -0.149. The Balaban J connectivity index is 1.92. The highest BCUT2D eigenvalue weighted by atomic mass is 16.5. The Kier molecular flexibility index (Phi) is 5.20. The number of carbonyl (C=O) groups excluding carboxylic acids is 2. The van der Waals surface area contributed by atoms with Crippen LogP contribution in [0.3, 0.4) is 0 Å². The first kappa shape index (κ1) is 16.1. The van der Waals surface area contributed by atoms with Crippen molar-refractivity contribution >= 4 is 12.1 Å². The lowest BCUT2D eigenvalue weighted by Crippen LogP contribution is -2.33. The smallest absolute Gasteiger partial charge is 0.411 e. The highest BCUT2D eigenvalue weighted by Crippen LogP contribution is 2.34. The van der Waals surface area contributed by atoms with Gasteiger partial charge in [-0.15, -0.1) is 0 Å². The Morgan fingerprint density at radius 3 is 2.68 bits per heavy atom. The monoisotopic (exact) mass is 303 g/mol. The molecule has 1 aromatic carbocycles. The molecule has 1 unspecified atom stereocenters. The van der Waals surface area contributed by atoms with Crippen molar-refractivity contribution in [1.29, 1.82) is 0 Å². The number of methoxy groups -OCH3 is 1. The van der Waals surface area contributed by atoms with Gasteiger partial charge in [0, 0.05) is 5.70 Å². The first-order valence-corrected chi connectivity index (χ1v) is 7.31. The van der Waals surface area contributed by atoms with E-state index in [0.29, 0.717) is 18.5 Å². The summed E-state index contributed by atoms with van der Waals surface area (Å²) in [7, 11) is 1.37. The third-order valence-electron chi connectivity index (χ3n) is 3.76. The molecule has 1 atom stereocenters. The molecule has 0 fully saturated rings. The van der Waals surface area contributed by atoms with Crippen LogP contribution in [0.4, 0.5) is 4.79 Å². The fourth-order valence-electron chi connectivity index (χ4n) is 2.56. The number of ether oxygens (including phenoxy) is 2. The average molecular weight is 303 g/mol. The van der Waals surface area contributed by atoms with E-state index in [0.717, 1.165) is 12.0 Å². The maximum atomic E-state index is 11.8. The van der Waals surface area contributed by atoms with Crippen molar-refractivity contribution in [2.45, 2.75) is 32.8 Å². The van der Waals surface area contributed by atoms with E-state index in [1.807, 2.05) is 37.3 Å². The Bertz CT molecular complexity index is 567. The van der Waals surface area contributed by atoms with Gasteiger partial charge in [-0.1, -0.05) is 30.3 Å². The summed E-state index contributed by atoms with van der Waals surface area (Å²) in [6, 6.07) is 9.47. The molecule has 0 bridgehead atoms. The van der Waals surface area contributed by atoms with Crippen LogP contribution in [0, 0.1) is 5.41 Å². The van der Waals surface area contributed by atoms with Gasteiger partial charge in [-0.3, -0.25) is 10.1 Å². The predicted octanol–water partition coefficient (Wildman–Crippen LogP) is 3.16. The average Bonchev–Trinajstić information content (AvgIpc) is 2.53. The zero-order chi connectivity index (χ0) is 16.0. The third-order valence-corrected chi connectivity index (χ3v) is 3.76. The van der Waals surface area contributed by atoms with E-state index in [1.54, 1.807) is 6.08 Å². The van der Waals surface area contributed by atoms with E-state index in [1.165, 1.54) is 7.11 Å². The Hall–Kier alpha value is -2.30. The summed E-state index contributed by atoms with van der Waals surface area (Å²) in [4.78, 5) is 23.7. The number of hydrogen-bond acceptors (Lipinski definition) is 4. The fourth-order valence-corrected chi connectivity index (χ4v) is 2.56. The quantitative estimate of drug-likeness (QED) is 0.868. The summed E-state index contributed by atoms with van der Waals surface area (Å²) in [5.41, 5.74) is 0.946. The molecule has 22 heavy (non-hydrogen) atoms. The third kappa shape index (κ3) is 4.10. The van der Waals surface area contributed by atoms with Crippen LogP contribution in [0.1, 0.15) is 31.7 Å². The Morgan fingerprint density at radius 2 is 2.00 bits per heavy atom. The van der Waals surface area contributed by atoms with E-state index in [9.17, 15) is 9.59 Å². The van der Waals surface area contributed by atoms with Gasteiger partial charge in [-0.05, 0) is 37.8 Å². The van der Waals surface area contributed by atoms with E-state index in [2.05, 4.69) is 5.32 Å². The van der Waals surface area contributed by atoms with Crippen molar-refractivity contribution in [3.05, 3.63) is 47.7 Å². The first-order valence-electron chi connectivity index (χ1n) is 7.31. The molecule has 1 aliphatic rings. The minimum Gasteiger partial charge on any atom is -0.468 e. The zero-order valence-corrected chi connectivity index (χ0v) is 12.9.